The van der Waals surface area contributed by atoms with Crippen molar-refractivity contribution < 1.29 is 9.53 Å². The molecule has 1 amide bonds. The summed E-state index contributed by atoms with van der Waals surface area (Å²) in [4.78, 5) is 16.4. The molecule has 0 unspecified atom stereocenters. The molecule has 1 aliphatic rings. The monoisotopic (exact) mass is 367 g/mol. The number of carbonyl (C=O) groups is 1. The molecule has 1 heterocycles. The maximum atomic E-state index is 11.7. The molecule has 5 heteroatoms. The van der Waals surface area contributed by atoms with E-state index in [1.54, 1.807) is 7.11 Å². The first-order valence-electron chi connectivity index (χ1n) is 9.62. The first-order chi connectivity index (χ1) is 13.2. The summed E-state index contributed by atoms with van der Waals surface area (Å²) >= 11 is 0. The summed E-state index contributed by atoms with van der Waals surface area (Å²) in [6, 6.07) is 16.9. The van der Waals surface area contributed by atoms with E-state index in [-0.39, 0.29) is 5.91 Å². The summed E-state index contributed by atoms with van der Waals surface area (Å²) in [6.45, 7) is 7.95. The third-order valence-electron chi connectivity index (χ3n) is 4.94. The molecule has 0 spiro atoms. The maximum absolute atomic E-state index is 11.7. The summed E-state index contributed by atoms with van der Waals surface area (Å²) in [5.41, 5.74) is 3.69. The van der Waals surface area contributed by atoms with Crippen LogP contribution in [0.5, 0.6) is 5.75 Å². The molecule has 0 aliphatic carbocycles. The maximum Gasteiger partial charge on any atom is 0.234 e. The van der Waals surface area contributed by atoms with E-state index in [1.807, 2.05) is 19.1 Å². The summed E-state index contributed by atoms with van der Waals surface area (Å²) in [5, 5.41) is 2.87. The van der Waals surface area contributed by atoms with E-state index >= 15 is 0 Å². The lowest BCUT2D eigenvalue weighted by molar-refractivity contribution is -0.122. The number of methoxy groups -OCH3 is 1. The highest BCUT2D eigenvalue weighted by Crippen LogP contribution is 2.25. The molecule has 0 aromatic heterocycles. The number of amides is 1. The van der Waals surface area contributed by atoms with E-state index < -0.39 is 0 Å². The summed E-state index contributed by atoms with van der Waals surface area (Å²) < 4.78 is 5.34. The van der Waals surface area contributed by atoms with Crippen molar-refractivity contribution in [3.05, 3.63) is 54.1 Å². The molecule has 2 aromatic rings. The Labute approximate surface area is 161 Å². The van der Waals surface area contributed by atoms with E-state index in [4.69, 9.17) is 4.74 Å². The highest BCUT2D eigenvalue weighted by molar-refractivity contribution is 5.77. The molecule has 3 rings (SSSR count). The number of hydrogen-bond acceptors (Lipinski definition) is 4. The van der Waals surface area contributed by atoms with Crippen molar-refractivity contribution in [3.63, 3.8) is 0 Å². The first-order valence-corrected chi connectivity index (χ1v) is 9.62. The Morgan fingerprint density at radius 2 is 1.67 bits per heavy atom. The van der Waals surface area contributed by atoms with Crippen LogP contribution in [0.3, 0.4) is 0 Å². The minimum absolute atomic E-state index is 0.122. The van der Waals surface area contributed by atoms with Crippen LogP contribution in [0.2, 0.25) is 0 Å². The molecule has 0 atom stereocenters. The number of nitrogens with zero attached hydrogens (tertiary/aromatic N) is 2. The van der Waals surface area contributed by atoms with Crippen molar-refractivity contribution >= 4 is 5.91 Å². The lowest BCUT2D eigenvalue weighted by Gasteiger charge is -2.34. The number of nitrogens with one attached hydrogen (secondary N) is 1. The van der Waals surface area contributed by atoms with Gasteiger partial charge in [-0.1, -0.05) is 30.3 Å². The van der Waals surface area contributed by atoms with Crippen LogP contribution < -0.4 is 10.1 Å². The Morgan fingerprint density at radius 1 is 1.00 bits per heavy atom. The van der Waals surface area contributed by atoms with Gasteiger partial charge in [0.15, 0.2) is 0 Å². The van der Waals surface area contributed by atoms with Gasteiger partial charge in [-0.3, -0.25) is 14.6 Å². The fourth-order valence-electron chi connectivity index (χ4n) is 3.47. The minimum Gasteiger partial charge on any atom is -0.497 e. The van der Waals surface area contributed by atoms with Crippen molar-refractivity contribution in [1.82, 2.24) is 15.1 Å². The van der Waals surface area contributed by atoms with Crippen LogP contribution in [0.1, 0.15) is 12.5 Å². The average Bonchev–Trinajstić information content (AvgIpc) is 2.70. The van der Waals surface area contributed by atoms with Gasteiger partial charge in [0.05, 0.1) is 13.7 Å². The third-order valence-corrected chi connectivity index (χ3v) is 4.94. The molecular formula is C22H29N3O2. The first kappa shape index (κ1) is 19.4. The number of ether oxygens (including phenoxy) is 1. The van der Waals surface area contributed by atoms with Crippen LogP contribution >= 0.6 is 0 Å². The van der Waals surface area contributed by atoms with E-state index in [1.165, 1.54) is 16.7 Å². The number of rotatable bonds is 7. The predicted octanol–water partition coefficient (Wildman–Crippen LogP) is 2.62. The number of likely N-dealkylation sites (N-methyl/N-ethyl adjacent to an activating group) is 1. The number of piperazine rings is 1. The molecule has 1 fully saturated rings. The van der Waals surface area contributed by atoms with Crippen molar-refractivity contribution in [2.24, 2.45) is 0 Å². The zero-order valence-electron chi connectivity index (χ0n) is 16.3. The highest BCUT2D eigenvalue weighted by atomic mass is 16.5. The van der Waals surface area contributed by atoms with Gasteiger partial charge in [0.1, 0.15) is 5.75 Å². The van der Waals surface area contributed by atoms with Crippen LogP contribution in [0.15, 0.2) is 48.5 Å². The fourth-order valence-corrected chi connectivity index (χ4v) is 3.47. The molecule has 1 saturated heterocycles. The SMILES string of the molecule is CCNC(=O)CN1CCN(Cc2cccc(-c3cccc(OC)c3)c2)CC1. The van der Waals surface area contributed by atoms with Gasteiger partial charge in [0.2, 0.25) is 5.91 Å². The van der Waals surface area contributed by atoms with E-state index in [0.29, 0.717) is 13.1 Å². The summed E-state index contributed by atoms with van der Waals surface area (Å²) in [6.07, 6.45) is 0. The van der Waals surface area contributed by atoms with Crippen LogP contribution in [-0.4, -0.2) is 62.1 Å². The molecule has 0 saturated carbocycles. The van der Waals surface area contributed by atoms with Gasteiger partial charge in [0.25, 0.3) is 0 Å². The lowest BCUT2D eigenvalue weighted by atomic mass is 10.0. The standard InChI is InChI=1S/C22H29N3O2/c1-3-23-22(26)17-25-12-10-24(11-13-25)16-18-6-4-7-19(14-18)20-8-5-9-21(15-20)27-2/h4-9,14-15H,3,10-13,16-17H2,1-2H3,(H,23,26). The Morgan fingerprint density at radius 3 is 2.37 bits per heavy atom. The Balaban J connectivity index is 1.57. The van der Waals surface area contributed by atoms with Gasteiger partial charge < -0.3 is 10.1 Å². The molecule has 2 aromatic carbocycles. The van der Waals surface area contributed by atoms with E-state index in [0.717, 1.165) is 38.5 Å². The zero-order valence-corrected chi connectivity index (χ0v) is 16.3. The molecule has 0 radical (unpaired) electrons. The summed E-state index contributed by atoms with van der Waals surface area (Å²) in [7, 11) is 1.70. The predicted molar refractivity (Wildman–Crippen MR) is 109 cm³/mol. The Bertz CT molecular complexity index is 755. The van der Waals surface area contributed by atoms with Gasteiger partial charge in [-0.05, 0) is 41.8 Å². The Kier molecular flexibility index (Phi) is 6.85. The molecule has 1 N–H and O–H groups in total. The van der Waals surface area contributed by atoms with Crippen molar-refractivity contribution in [1.29, 1.82) is 0 Å². The van der Waals surface area contributed by atoms with Crippen LogP contribution in [-0.2, 0) is 11.3 Å². The quantitative estimate of drug-likeness (QED) is 0.817. The highest BCUT2D eigenvalue weighted by Gasteiger charge is 2.18. The lowest BCUT2D eigenvalue weighted by Crippen LogP contribution is -2.49. The van der Waals surface area contributed by atoms with Gasteiger partial charge >= 0.3 is 0 Å². The largest absolute Gasteiger partial charge is 0.497 e. The zero-order chi connectivity index (χ0) is 19.1. The second kappa shape index (κ2) is 9.53. The van der Waals surface area contributed by atoms with Gasteiger partial charge in [0, 0.05) is 39.3 Å². The number of benzene rings is 2. The number of hydrogen-bond donors (Lipinski definition) is 1. The van der Waals surface area contributed by atoms with E-state index in [9.17, 15) is 4.79 Å². The van der Waals surface area contributed by atoms with E-state index in [2.05, 4.69) is 51.5 Å². The third kappa shape index (κ3) is 5.55. The smallest absolute Gasteiger partial charge is 0.234 e. The van der Waals surface area contributed by atoms with Gasteiger partial charge in [-0.25, -0.2) is 0 Å². The van der Waals surface area contributed by atoms with Crippen LogP contribution in [0, 0.1) is 0 Å². The average molecular weight is 367 g/mol. The fraction of sp³-hybridized carbons (Fsp3) is 0.409. The van der Waals surface area contributed by atoms with Crippen LogP contribution in [0.25, 0.3) is 11.1 Å². The van der Waals surface area contributed by atoms with Crippen LogP contribution in [0.4, 0.5) is 0 Å². The molecule has 0 bridgehead atoms. The van der Waals surface area contributed by atoms with Gasteiger partial charge in [-0.2, -0.15) is 0 Å². The van der Waals surface area contributed by atoms with Crippen molar-refractivity contribution in [2.45, 2.75) is 13.5 Å². The second-order valence-corrected chi connectivity index (χ2v) is 6.94. The Hall–Kier alpha value is -2.37. The molecule has 1 aliphatic heterocycles. The summed E-state index contributed by atoms with van der Waals surface area (Å²) in [5.74, 6) is 0.998. The molecule has 27 heavy (non-hydrogen) atoms. The van der Waals surface area contributed by atoms with Gasteiger partial charge in [-0.15, -0.1) is 0 Å². The minimum atomic E-state index is 0.122. The molecule has 5 nitrogen and oxygen atoms in total. The topological polar surface area (TPSA) is 44.8 Å². The molecule has 144 valence electrons. The van der Waals surface area contributed by atoms with Crippen molar-refractivity contribution in [3.8, 4) is 16.9 Å². The van der Waals surface area contributed by atoms with Crippen molar-refractivity contribution in [2.75, 3.05) is 46.4 Å². The normalized spacial score (nSPS) is 15.5. The second-order valence-electron chi connectivity index (χ2n) is 6.94. The number of carbonyl (C=O) groups excluding carboxylic acids is 1. The molecular weight excluding hydrogens is 338 g/mol.